The van der Waals surface area contributed by atoms with Crippen LogP contribution >= 0.6 is 11.8 Å². The Kier molecular flexibility index (Phi) is 5.23. The number of ether oxygens (including phenoxy) is 1. The lowest BCUT2D eigenvalue weighted by atomic mass is 10.2. The Bertz CT molecular complexity index is 634. The third-order valence-corrected chi connectivity index (χ3v) is 4.87. The summed E-state index contributed by atoms with van der Waals surface area (Å²) in [5, 5.41) is 1.81. The molecule has 6 heteroatoms. The molecule has 0 aromatic carbocycles. The van der Waals surface area contributed by atoms with Crippen LogP contribution in [-0.2, 0) is 16.1 Å². The summed E-state index contributed by atoms with van der Waals surface area (Å²) in [4.78, 5) is 18.1. The third kappa shape index (κ3) is 4.28. The van der Waals surface area contributed by atoms with Gasteiger partial charge >= 0.3 is 0 Å². The Morgan fingerprint density at radius 2 is 2.35 bits per heavy atom. The molecule has 1 atom stereocenters. The van der Waals surface area contributed by atoms with E-state index < -0.39 is 0 Å². The second-order valence-electron chi connectivity index (χ2n) is 5.66. The second-order valence-corrected chi connectivity index (χ2v) is 6.87. The van der Waals surface area contributed by atoms with Gasteiger partial charge in [0.2, 0.25) is 5.78 Å². The quantitative estimate of drug-likeness (QED) is 0.768. The molecule has 1 unspecified atom stereocenters. The molecule has 0 N–H and O–H groups in total. The van der Waals surface area contributed by atoms with Gasteiger partial charge in [-0.05, 0) is 31.2 Å². The highest BCUT2D eigenvalue weighted by atomic mass is 32.2. The molecule has 2 aliphatic heterocycles. The molecule has 1 aromatic rings. The number of imidazole rings is 1. The van der Waals surface area contributed by atoms with Crippen molar-refractivity contribution in [3.05, 3.63) is 53.8 Å². The predicted molar refractivity (Wildman–Crippen MR) is 91.7 cm³/mol. The van der Waals surface area contributed by atoms with Gasteiger partial charge < -0.3 is 14.2 Å². The van der Waals surface area contributed by atoms with Crippen molar-refractivity contribution in [1.29, 1.82) is 0 Å². The number of thioether (sulfide) groups is 1. The normalized spacial score (nSPS) is 20.7. The summed E-state index contributed by atoms with van der Waals surface area (Å²) < 4.78 is 7.72. The average molecular weight is 331 g/mol. The molecule has 0 radical (unpaired) electrons. The van der Waals surface area contributed by atoms with E-state index in [-0.39, 0.29) is 11.0 Å². The summed E-state index contributed by atoms with van der Waals surface area (Å²) in [6, 6.07) is 0. The van der Waals surface area contributed by atoms with Crippen molar-refractivity contribution in [1.82, 2.24) is 14.5 Å². The van der Waals surface area contributed by atoms with E-state index in [1.54, 1.807) is 6.20 Å². The number of carbonyl (C=O) groups is 1. The smallest absolute Gasteiger partial charge is 0.210 e. The Hall–Kier alpha value is -1.95. The average Bonchev–Trinajstić information content (AvgIpc) is 3.19. The number of allylic oxidation sites excluding steroid dienone is 1. The zero-order chi connectivity index (χ0) is 16.1. The van der Waals surface area contributed by atoms with Crippen LogP contribution in [0.15, 0.2) is 53.8 Å². The van der Waals surface area contributed by atoms with Crippen LogP contribution in [0.2, 0.25) is 0 Å². The van der Waals surface area contributed by atoms with E-state index in [2.05, 4.69) is 32.8 Å². The van der Waals surface area contributed by atoms with E-state index >= 15 is 0 Å². The number of rotatable bonds is 7. The van der Waals surface area contributed by atoms with Crippen LogP contribution in [0, 0.1) is 0 Å². The molecule has 0 aliphatic carbocycles. The zero-order valence-corrected chi connectivity index (χ0v) is 14.0. The van der Waals surface area contributed by atoms with Crippen molar-refractivity contribution in [2.45, 2.75) is 25.1 Å². The van der Waals surface area contributed by atoms with Crippen LogP contribution in [0.4, 0.5) is 0 Å². The van der Waals surface area contributed by atoms with Gasteiger partial charge in [-0.25, -0.2) is 4.98 Å². The summed E-state index contributed by atoms with van der Waals surface area (Å²) in [5.41, 5.74) is 1.12. The zero-order valence-electron chi connectivity index (χ0n) is 13.2. The fourth-order valence-electron chi connectivity index (χ4n) is 2.46. The molecule has 3 rings (SSSR count). The minimum absolute atomic E-state index is 0.00753. The van der Waals surface area contributed by atoms with E-state index in [1.807, 2.05) is 24.9 Å². The Morgan fingerprint density at radius 3 is 3.00 bits per heavy atom. The number of carbonyl (C=O) groups excluding carboxylic acids is 1. The van der Waals surface area contributed by atoms with Gasteiger partial charge in [-0.2, -0.15) is 0 Å². The SMILES string of the molecule is CC1SC=C(OCC2=CCN(CCCn3ccnc3)C=C2)C1=O. The summed E-state index contributed by atoms with van der Waals surface area (Å²) >= 11 is 1.52. The first kappa shape index (κ1) is 15.9. The van der Waals surface area contributed by atoms with Crippen molar-refractivity contribution in [2.24, 2.45) is 0 Å². The highest BCUT2D eigenvalue weighted by molar-refractivity contribution is 8.03. The summed E-state index contributed by atoms with van der Waals surface area (Å²) in [6.07, 6.45) is 13.1. The van der Waals surface area contributed by atoms with Crippen LogP contribution in [0.25, 0.3) is 0 Å². The minimum Gasteiger partial charge on any atom is -0.485 e. The number of aryl methyl sites for hydroxylation is 1. The second kappa shape index (κ2) is 7.55. The molecule has 0 spiro atoms. The standard InChI is InChI=1S/C17H21N3O2S/c1-14-17(21)16(12-23-14)22-11-15-3-8-19(9-4-15)6-2-7-20-10-5-18-13-20/h3-5,8,10,12-14H,2,6-7,9,11H2,1H3. The van der Waals surface area contributed by atoms with Gasteiger partial charge in [0.25, 0.3) is 0 Å². The van der Waals surface area contributed by atoms with Gasteiger partial charge in [-0.3, -0.25) is 4.79 Å². The maximum atomic E-state index is 11.8. The molecule has 0 fully saturated rings. The molecule has 2 aliphatic rings. The van der Waals surface area contributed by atoms with Crippen LogP contribution < -0.4 is 0 Å². The number of Topliss-reactive ketones (excluding diaryl/α,β-unsaturated/α-hetero) is 1. The molecule has 3 heterocycles. The lowest BCUT2D eigenvalue weighted by Crippen LogP contribution is -2.23. The third-order valence-electron chi connectivity index (χ3n) is 3.89. The number of aromatic nitrogens is 2. The molecule has 0 bridgehead atoms. The van der Waals surface area contributed by atoms with Crippen LogP contribution in [0.1, 0.15) is 13.3 Å². The van der Waals surface area contributed by atoms with Crippen LogP contribution in [0.5, 0.6) is 0 Å². The maximum Gasteiger partial charge on any atom is 0.210 e. The minimum atomic E-state index is -0.00753. The molecule has 0 amide bonds. The molecule has 1 aromatic heterocycles. The summed E-state index contributed by atoms with van der Waals surface area (Å²) in [6.45, 7) is 5.25. The molecule has 0 saturated heterocycles. The first-order valence-corrected chi connectivity index (χ1v) is 8.76. The Labute approximate surface area is 140 Å². The summed E-state index contributed by atoms with van der Waals surface area (Å²) in [7, 11) is 0. The Balaban J connectivity index is 1.37. The van der Waals surface area contributed by atoms with Gasteiger partial charge in [0.15, 0.2) is 5.76 Å². The molecular weight excluding hydrogens is 310 g/mol. The van der Waals surface area contributed by atoms with Crippen LogP contribution in [0.3, 0.4) is 0 Å². The fourth-order valence-corrected chi connectivity index (χ4v) is 3.21. The van der Waals surface area contributed by atoms with Gasteiger partial charge in [0.1, 0.15) is 6.61 Å². The van der Waals surface area contributed by atoms with Gasteiger partial charge in [-0.15, -0.1) is 11.8 Å². The van der Waals surface area contributed by atoms with E-state index in [0.29, 0.717) is 12.4 Å². The first-order chi connectivity index (χ1) is 11.2. The predicted octanol–water partition coefficient (Wildman–Crippen LogP) is 2.59. The van der Waals surface area contributed by atoms with Crippen molar-refractivity contribution in [3.8, 4) is 0 Å². The first-order valence-electron chi connectivity index (χ1n) is 7.82. The monoisotopic (exact) mass is 331 g/mol. The Morgan fingerprint density at radius 1 is 1.43 bits per heavy atom. The molecular formula is C17H21N3O2S. The lowest BCUT2D eigenvalue weighted by Gasteiger charge is -2.22. The highest BCUT2D eigenvalue weighted by Gasteiger charge is 2.25. The molecule has 122 valence electrons. The summed E-state index contributed by atoms with van der Waals surface area (Å²) in [5.74, 6) is 0.594. The largest absolute Gasteiger partial charge is 0.485 e. The number of ketones is 1. The number of hydrogen-bond donors (Lipinski definition) is 0. The van der Waals surface area contributed by atoms with Crippen molar-refractivity contribution in [2.75, 3.05) is 19.7 Å². The topological polar surface area (TPSA) is 47.4 Å². The van der Waals surface area contributed by atoms with Crippen molar-refractivity contribution >= 4 is 17.5 Å². The molecule has 5 nitrogen and oxygen atoms in total. The number of nitrogens with zero attached hydrogens (tertiary/aromatic N) is 3. The van der Waals surface area contributed by atoms with Gasteiger partial charge in [0, 0.05) is 37.4 Å². The van der Waals surface area contributed by atoms with Crippen LogP contribution in [-0.4, -0.2) is 45.2 Å². The fraction of sp³-hybridized carbons (Fsp3) is 0.412. The lowest BCUT2D eigenvalue weighted by molar-refractivity contribution is -0.117. The van der Waals surface area contributed by atoms with Crippen molar-refractivity contribution < 1.29 is 9.53 Å². The van der Waals surface area contributed by atoms with Gasteiger partial charge in [-0.1, -0.05) is 6.08 Å². The van der Waals surface area contributed by atoms with Gasteiger partial charge in [0.05, 0.1) is 11.6 Å². The van der Waals surface area contributed by atoms with E-state index in [4.69, 9.17) is 4.74 Å². The molecule has 0 saturated carbocycles. The molecule has 23 heavy (non-hydrogen) atoms. The van der Waals surface area contributed by atoms with E-state index in [0.717, 1.165) is 31.6 Å². The van der Waals surface area contributed by atoms with Crippen molar-refractivity contribution in [3.63, 3.8) is 0 Å². The maximum absolute atomic E-state index is 11.8. The number of hydrogen-bond acceptors (Lipinski definition) is 5. The van der Waals surface area contributed by atoms with E-state index in [1.165, 1.54) is 11.8 Å². The van der Waals surface area contributed by atoms with E-state index in [9.17, 15) is 4.79 Å². The highest BCUT2D eigenvalue weighted by Crippen LogP contribution is 2.27.